The second-order valence-corrected chi connectivity index (χ2v) is 5.93. The Morgan fingerprint density at radius 2 is 1.68 bits per heavy atom. The minimum atomic E-state index is 0.0634. The monoisotopic (exact) mass is 296 g/mol. The SMILES string of the molecule is CCCc1cc(C(=O)c2ccc(C)cc2)ccc1OC(C)C. The van der Waals surface area contributed by atoms with Crippen molar-refractivity contribution in [2.45, 2.75) is 46.6 Å². The van der Waals surface area contributed by atoms with Crippen molar-refractivity contribution in [2.75, 3.05) is 0 Å². The fraction of sp³-hybridized carbons (Fsp3) is 0.350. The van der Waals surface area contributed by atoms with Gasteiger partial charge in [-0.2, -0.15) is 0 Å². The molecule has 0 saturated carbocycles. The van der Waals surface area contributed by atoms with Crippen LogP contribution in [0.3, 0.4) is 0 Å². The lowest BCUT2D eigenvalue weighted by Crippen LogP contribution is -2.09. The molecule has 2 rings (SSSR count). The van der Waals surface area contributed by atoms with E-state index in [1.807, 2.05) is 63.2 Å². The maximum absolute atomic E-state index is 12.6. The van der Waals surface area contributed by atoms with Crippen molar-refractivity contribution >= 4 is 5.78 Å². The van der Waals surface area contributed by atoms with Crippen LogP contribution >= 0.6 is 0 Å². The smallest absolute Gasteiger partial charge is 0.193 e. The first-order valence-corrected chi connectivity index (χ1v) is 7.92. The van der Waals surface area contributed by atoms with Crippen LogP contribution < -0.4 is 4.74 Å². The second kappa shape index (κ2) is 7.26. The lowest BCUT2D eigenvalue weighted by molar-refractivity contribution is 0.103. The highest BCUT2D eigenvalue weighted by molar-refractivity contribution is 6.09. The second-order valence-electron chi connectivity index (χ2n) is 5.93. The average molecular weight is 296 g/mol. The van der Waals surface area contributed by atoms with E-state index in [2.05, 4.69) is 6.92 Å². The van der Waals surface area contributed by atoms with Crippen LogP contribution in [0.4, 0.5) is 0 Å². The van der Waals surface area contributed by atoms with E-state index in [4.69, 9.17) is 4.74 Å². The van der Waals surface area contributed by atoms with Crippen LogP contribution in [-0.2, 0) is 6.42 Å². The Morgan fingerprint density at radius 1 is 1.05 bits per heavy atom. The molecular weight excluding hydrogens is 272 g/mol. The lowest BCUT2D eigenvalue weighted by Gasteiger charge is -2.15. The van der Waals surface area contributed by atoms with Crippen LogP contribution in [0.15, 0.2) is 42.5 Å². The number of ketones is 1. The Morgan fingerprint density at radius 3 is 2.27 bits per heavy atom. The molecule has 0 heterocycles. The maximum Gasteiger partial charge on any atom is 0.193 e. The first-order chi connectivity index (χ1) is 10.5. The minimum absolute atomic E-state index is 0.0634. The van der Waals surface area contributed by atoms with Crippen molar-refractivity contribution in [3.05, 3.63) is 64.7 Å². The average Bonchev–Trinajstić information content (AvgIpc) is 2.49. The van der Waals surface area contributed by atoms with Gasteiger partial charge in [-0.05, 0) is 51.0 Å². The largest absolute Gasteiger partial charge is 0.491 e. The Balaban J connectivity index is 2.32. The van der Waals surface area contributed by atoms with E-state index in [-0.39, 0.29) is 11.9 Å². The fourth-order valence-electron chi connectivity index (χ4n) is 2.43. The van der Waals surface area contributed by atoms with E-state index >= 15 is 0 Å². The maximum atomic E-state index is 12.6. The van der Waals surface area contributed by atoms with Gasteiger partial charge in [0.2, 0.25) is 0 Å². The summed E-state index contributed by atoms with van der Waals surface area (Å²) in [6.45, 7) is 8.18. The number of hydrogen-bond acceptors (Lipinski definition) is 2. The van der Waals surface area contributed by atoms with Gasteiger partial charge in [0, 0.05) is 11.1 Å². The molecule has 2 aromatic rings. The summed E-state index contributed by atoms with van der Waals surface area (Å²) in [6.07, 6.45) is 2.07. The van der Waals surface area contributed by atoms with Gasteiger partial charge in [-0.1, -0.05) is 43.2 Å². The molecule has 2 nitrogen and oxygen atoms in total. The Labute approximate surface area is 133 Å². The van der Waals surface area contributed by atoms with E-state index in [0.29, 0.717) is 0 Å². The molecule has 0 bridgehead atoms. The molecule has 0 N–H and O–H groups in total. The number of rotatable bonds is 6. The molecule has 0 radical (unpaired) electrons. The van der Waals surface area contributed by atoms with Crippen molar-refractivity contribution in [1.29, 1.82) is 0 Å². The van der Waals surface area contributed by atoms with E-state index in [1.165, 1.54) is 0 Å². The molecule has 2 aromatic carbocycles. The molecule has 0 atom stereocenters. The summed E-state index contributed by atoms with van der Waals surface area (Å²) in [5, 5.41) is 0. The van der Waals surface area contributed by atoms with Gasteiger partial charge in [0.25, 0.3) is 0 Å². The molecule has 0 amide bonds. The molecule has 116 valence electrons. The molecule has 22 heavy (non-hydrogen) atoms. The van der Waals surface area contributed by atoms with Crippen molar-refractivity contribution in [2.24, 2.45) is 0 Å². The summed E-state index contributed by atoms with van der Waals surface area (Å²) in [4.78, 5) is 12.6. The first-order valence-electron chi connectivity index (χ1n) is 7.92. The van der Waals surface area contributed by atoms with Gasteiger partial charge in [-0.15, -0.1) is 0 Å². The van der Waals surface area contributed by atoms with E-state index in [9.17, 15) is 4.79 Å². The van der Waals surface area contributed by atoms with Gasteiger partial charge in [-0.25, -0.2) is 0 Å². The predicted octanol–water partition coefficient (Wildman–Crippen LogP) is 4.97. The van der Waals surface area contributed by atoms with Crippen molar-refractivity contribution in [3.63, 3.8) is 0 Å². The molecule has 0 aromatic heterocycles. The molecule has 0 aliphatic carbocycles. The zero-order valence-corrected chi connectivity index (χ0v) is 13.8. The lowest BCUT2D eigenvalue weighted by atomic mass is 9.98. The van der Waals surface area contributed by atoms with E-state index in [1.54, 1.807) is 0 Å². The summed E-state index contributed by atoms with van der Waals surface area (Å²) < 4.78 is 5.84. The third-order valence-electron chi connectivity index (χ3n) is 3.52. The van der Waals surface area contributed by atoms with Gasteiger partial charge in [0.1, 0.15) is 5.75 Å². The van der Waals surface area contributed by atoms with Gasteiger partial charge < -0.3 is 4.74 Å². The van der Waals surface area contributed by atoms with Crippen molar-refractivity contribution < 1.29 is 9.53 Å². The Kier molecular flexibility index (Phi) is 5.37. The molecule has 0 aliphatic heterocycles. The minimum Gasteiger partial charge on any atom is -0.491 e. The Bertz CT molecular complexity index is 639. The van der Waals surface area contributed by atoms with Crippen LogP contribution in [0.25, 0.3) is 0 Å². The van der Waals surface area contributed by atoms with E-state index < -0.39 is 0 Å². The highest BCUT2D eigenvalue weighted by atomic mass is 16.5. The van der Waals surface area contributed by atoms with Crippen LogP contribution in [0.1, 0.15) is 54.2 Å². The fourth-order valence-corrected chi connectivity index (χ4v) is 2.43. The Hall–Kier alpha value is -2.09. The number of ether oxygens (including phenoxy) is 1. The molecule has 0 unspecified atom stereocenters. The number of hydrogen-bond donors (Lipinski definition) is 0. The number of carbonyl (C=O) groups is 1. The number of benzene rings is 2. The summed E-state index contributed by atoms with van der Waals surface area (Å²) in [7, 11) is 0. The van der Waals surface area contributed by atoms with Crippen molar-refractivity contribution in [3.8, 4) is 5.75 Å². The summed E-state index contributed by atoms with van der Waals surface area (Å²) >= 11 is 0. The highest BCUT2D eigenvalue weighted by Gasteiger charge is 2.13. The van der Waals surface area contributed by atoms with Crippen LogP contribution in [0, 0.1) is 6.92 Å². The quantitative estimate of drug-likeness (QED) is 0.704. The molecule has 0 aliphatic rings. The van der Waals surface area contributed by atoms with Gasteiger partial charge in [0.05, 0.1) is 6.10 Å². The first kappa shape index (κ1) is 16.3. The molecule has 0 spiro atoms. The summed E-state index contributed by atoms with van der Waals surface area (Å²) in [5.74, 6) is 0.950. The van der Waals surface area contributed by atoms with Gasteiger partial charge >= 0.3 is 0 Å². The zero-order valence-electron chi connectivity index (χ0n) is 13.8. The van der Waals surface area contributed by atoms with Crippen LogP contribution in [0.2, 0.25) is 0 Å². The van der Waals surface area contributed by atoms with Crippen LogP contribution in [-0.4, -0.2) is 11.9 Å². The van der Waals surface area contributed by atoms with Crippen molar-refractivity contribution in [1.82, 2.24) is 0 Å². The van der Waals surface area contributed by atoms with E-state index in [0.717, 1.165) is 40.8 Å². The predicted molar refractivity (Wildman–Crippen MR) is 90.8 cm³/mol. The van der Waals surface area contributed by atoms with Gasteiger partial charge in [0.15, 0.2) is 5.78 Å². The molecule has 2 heteroatoms. The number of carbonyl (C=O) groups excluding carboxylic acids is 1. The third kappa shape index (κ3) is 3.97. The standard InChI is InChI=1S/C20H24O2/c1-5-6-17-13-18(11-12-19(17)22-14(2)3)20(21)16-9-7-15(4)8-10-16/h7-14H,5-6H2,1-4H3. The summed E-state index contributed by atoms with van der Waals surface area (Å²) in [6, 6.07) is 13.5. The molecule has 0 saturated heterocycles. The normalized spacial score (nSPS) is 10.8. The van der Waals surface area contributed by atoms with Crippen LogP contribution in [0.5, 0.6) is 5.75 Å². The molecular formula is C20H24O2. The topological polar surface area (TPSA) is 26.3 Å². The summed E-state index contributed by atoms with van der Waals surface area (Å²) in [5.41, 5.74) is 3.71. The molecule has 0 fully saturated rings. The highest BCUT2D eigenvalue weighted by Crippen LogP contribution is 2.24. The number of aryl methyl sites for hydroxylation is 2. The van der Waals surface area contributed by atoms with Gasteiger partial charge in [-0.3, -0.25) is 4.79 Å². The zero-order chi connectivity index (χ0) is 16.1. The third-order valence-corrected chi connectivity index (χ3v) is 3.52.